The number of rotatable bonds is 2. The second-order valence-electron chi connectivity index (χ2n) is 4.37. The van der Waals surface area contributed by atoms with E-state index in [-0.39, 0.29) is 11.7 Å². The molecular formula is C13H17NO. The number of hydrogen-bond acceptors (Lipinski definition) is 2. The van der Waals surface area contributed by atoms with Crippen LogP contribution in [0.3, 0.4) is 0 Å². The number of hydrogen-bond donors (Lipinski definition) is 1. The molecule has 0 radical (unpaired) electrons. The van der Waals surface area contributed by atoms with Crippen molar-refractivity contribution in [2.45, 2.75) is 26.3 Å². The summed E-state index contributed by atoms with van der Waals surface area (Å²) in [5, 5.41) is 3.31. The van der Waals surface area contributed by atoms with Crippen LogP contribution in [0.1, 0.15) is 29.3 Å². The van der Waals surface area contributed by atoms with Gasteiger partial charge in [-0.15, -0.1) is 0 Å². The Morgan fingerprint density at radius 3 is 2.87 bits per heavy atom. The predicted octanol–water partition coefficient (Wildman–Crippen LogP) is 2.18. The van der Waals surface area contributed by atoms with Crippen molar-refractivity contribution in [1.82, 2.24) is 5.32 Å². The number of carbonyl (C=O) groups is 1. The monoisotopic (exact) mass is 203 g/mol. The molecule has 2 nitrogen and oxygen atoms in total. The van der Waals surface area contributed by atoms with E-state index in [9.17, 15) is 4.79 Å². The van der Waals surface area contributed by atoms with Gasteiger partial charge in [-0.1, -0.05) is 23.8 Å². The van der Waals surface area contributed by atoms with E-state index in [1.807, 2.05) is 31.2 Å². The van der Waals surface area contributed by atoms with Crippen molar-refractivity contribution in [3.63, 3.8) is 0 Å². The van der Waals surface area contributed by atoms with E-state index >= 15 is 0 Å². The SMILES string of the molecule is Cc1cccc(C(=O)C2CCNC2C)c1. The highest BCUT2D eigenvalue weighted by Gasteiger charge is 2.29. The highest BCUT2D eigenvalue weighted by Crippen LogP contribution is 2.20. The van der Waals surface area contributed by atoms with Crippen molar-refractivity contribution < 1.29 is 4.79 Å². The molecular weight excluding hydrogens is 186 g/mol. The summed E-state index contributed by atoms with van der Waals surface area (Å²) < 4.78 is 0. The van der Waals surface area contributed by atoms with Crippen LogP contribution in [0.5, 0.6) is 0 Å². The third kappa shape index (κ3) is 2.10. The van der Waals surface area contributed by atoms with Crippen molar-refractivity contribution in [3.8, 4) is 0 Å². The lowest BCUT2D eigenvalue weighted by Gasteiger charge is -2.13. The van der Waals surface area contributed by atoms with Gasteiger partial charge in [0.15, 0.2) is 5.78 Å². The smallest absolute Gasteiger partial charge is 0.167 e. The van der Waals surface area contributed by atoms with Crippen LogP contribution in [-0.2, 0) is 0 Å². The third-order valence-electron chi connectivity index (χ3n) is 3.16. The van der Waals surface area contributed by atoms with Crippen LogP contribution in [0.15, 0.2) is 24.3 Å². The maximum absolute atomic E-state index is 12.2. The molecule has 0 spiro atoms. The van der Waals surface area contributed by atoms with Gasteiger partial charge < -0.3 is 5.32 Å². The van der Waals surface area contributed by atoms with Crippen molar-refractivity contribution in [2.75, 3.05) is 6.54 Å². The standard InChI is InChI=1S/C13H17NO/c1-9-4-3-5-11(8-9)13(15)12-6-7-14-10(12)2/h3-5,8,10,12,14H,6-7H2,1-2H3. The van der Waals surface area contributed by atoms with E-state index in [4.69, 9.17) is 0 Å². The van der Waals surface area contributed by atoms with Crippen LogP contribution in [0.4, 0.5) is 0 Å². The Morgan fingerprint density at radius 2 is 2.27 bits per heavy atom. The molecule has 0 aliphatic carbocycles. The van der Waals surface area contributed by atoms with Gasteiger partial charge >= 0.3 is 0 Å². The average molecular weight is 203 g/mol. The highest BCUT2D eigenvalue weighted by atomic mass is 16.1. The van der Waals surface area contributed by atoms with Gasteiger partial charge in [-0.3, -0.25) is 4.79 Å². The molecule has 0 bridgehead atoms. The number of aryl methyl sites for hydroxylation is 1. The molecule has 80 valence electrons. The van der Waals surface area contributed by atoms with Crippen LogP contribution in [0.2, 0.25) is 0 Å². The molecule has 2 atom stereocenters. The zero-order valence-electron chi connectivity index (χ0n) is 9.29. The molecule has 15 heavy (non-hydrogen) atoms. The van der Waals surface area contributed by atoms with Crippen LogP contribution < -0.4 is 5.32 Å². The number of Topliss-reactive ketones (excluding diaryl/α,β-unsaturated/α-hetero) is 1. The number of carbonyl (C=O) groups excluding carboxylic acids is 1. The minimum Gasteiger partial charge on any atom is -0.313 e. The van der Waals surface area contributed by atoms with E-state index in [0.29, 0.717) is 6.04 Å². The maximum Gasteiger partial charge on any atom is 0.167 e. The van der Waals surface area contributed by atoms with Crippen molar-refractivity contribution >= 4 is 5.78 Å². The van der Waals surface area contributed by atoms with Gasteiger partial charge in [0.2, 0.25) is 0 Å². The minimum atomic E-state index is 0.159. The molecule has 1 fully saturated rings. The zero-order valence-corrected chi connectivity index (χ0v) is 9.29. The largest absolute Gasteiger partial charge is 0.313 e. The van der Waals surface area contributed by atoms with E-state index in [2.05, 4.69) is 12.2 Å². The normalized spacial score (nSPS) is 25.5. The predicted molar refractivity (Wildman–Crippen MR) is 61.1 cm³/mol. The number of nitrogens with one attached hydrogen (secondary N) is 1. The summed E-state index contributed by atoms with van der Waals surface area (Å²) >= 11 is 0. The zero-order chi connectivity index (χ0) is 10.8. The Balaban J connectivity index is 2.20. The lowest BCUT2D eigenvalue weighted by Crippen LogP contribution is -2.28. The summed E-state index contributed by atoms with van der Waals surface area (Å²) in [5.41, 5.74) is 2.01. The fourth-order valence-electron chi connectivity index (χ4n) is 2.23. The lowest BCUT2D eigenvalue weighted by molar-refractivity contribution is 0.0914. The Bertz CT molecular complexity index is 373. The quantitative estimate of drug-likeness (QED) is 0.746. The minimum absolute atomic E-state index is 0.159. The maximum atomic E-state index is 12.2. The van der Waals surface area contributed by atoms with Crippen molar-refractivity contribution in [2.24, 2.45) is 5.92 Å². The number of ketones is 1. The first-order valence-corrected chi connectivity index (χ1v) is 5.53. The molecule has 0 aromatic heterocycles. The van der Waals surface area contributed by atoms with Crippen LogP contribution in [0, 0.1) is 12.8 Å². The first-order valence-electron chi connectivity index (χ1n) is 5.53. The average Bonchev–Trinajstić information content (AvgIpc) is 2.63. The molecule has 1 aromatic rings. The molecule has 1 heterocycles. The second-order valence-corrected chi connectivity index (χ2v) is 4.37. The Hall–Kier alpha value is -1.15. The molecule has 2 unspecified atom stereocenters. The van der Waals surface area contributed by atoms with Crippen LogP contribution in [-0.4, -0.2) is 18.4 Å². The van der Waals surface area contributed by atoms with Gasteiger partial charge in [0, 0.05) is 17.5 Å². The molecule has 2 rings (SSSR count). The van der Waals surface area contributed by atoms with Crippen molar-refractivity contribution in [3.05, 3.63) is 35.4 Å². The molecule has 1 aliphatic rings. The first kappa shape index (κ1) is 10.4. The van der Waals surface area contributed by atoms with Gasteiger partial charge in [0.25, 0.3) is 0 Å². The van der Waals surface area contributed by atoms with Gasteiger partial charge in [0.1, 0.15) is 0 Å². The molecule has 1 aliphatic heterocycles. The summed E-state index contributed by atoms with van der Waals surface area (Å²) in [6.45, 7) is 5.07. The third-order valence-corrected chi connectivity index (χ3v) is 3.16. The summed E-state index contributed by atoms with van der Waals surface area (Å²) in [6, 6.07) is 8.19. The van der Waals surface area contributed by atoms with Crippen molar-refractivity contribution in [1.29, 1.82) is 0 Å². The fourth-order valence-corrected chi connectivity index (χ4v) is 2.23. The van der Waals surface area contributed by atoms with E-state index in [0.717, 1.165) is 24.1 Å². The summed E-state index contributed by atoms with van der Waals surface area (Å²) in [5.74, 6) is 0.447. The second kappa shape index (κ2) is 4.15. The summed E-state index contributed by atoms with van der Waals surface area (Å²) in [4.78, 5) is 12.2. The summed E-state index contributed by atoms with van der Waals surface area (Å²) in [7, 11) is 0. The number of benzene rings is 1. The molecule has 1 saturated heterocycles. The van der Waals surface area contributed by atoms with Gasteiger partial charge in [-0.25, -0.2) is 0 Å². The molecule has 1 N–H and O–H groups in total. The van der Waals surface area contributed by atoms with E-state index < -0.39 is 0 Å². The molecule has 2 heteroatoms. The van der Waals surface area contributed by atoms with Gasteiger partial charge in [0.05, 0.1) is 0 Å². The van der Waals surface area contributed by atoms with Crippen LogP contribution >= 0.6 is 0 Å². The molecule has 1 aromatic carbocycles. The molecule has 0 amide bonds. The fraction of sp³-hybridized carbons (Fsp3) is 0.462. The summed E-state index contributed by atoms with van der Waals surface area (Å²) in [6.07, 6.45) is 0.966. The van der Waals surface area contributed by atoms with E-state index in [1.165, 1.54) is 0 Å². The highest BCUT2D eigenvalue weighted by molar-refractivity contribution is 5.98. The van der Waals surface area contributed by atoms with E-state index in [1.54, 1.807) is 0 Å². The van der Waals surface area contributed by atoms with Gasteiger partial charge in [-0.2, -0.15) is 0 Å². The topological polar surface area (TPSA) is 29.1 Å². The Kier molecular flexibility index (Phi) is 2.87. The Labute approximate surface area is 90.7 Å². The van der Waals surface area contributed by atoms with Gasteiger partial charge in [-0.05, 0) is 32.9 Å². The molecule has 0 saturated carbocycles. The van der Waals surface area contributed by atoms with Crippen LogP contribution in [0.25, 0.3) is 0 Å². The Morgan fingerprint density at radius 1 is 1.47 bits per heavy atom. The first-order chi connectivity index (χ1) is 7.18. The lowest BCUT2D eigenvalue weighted by atomic mass is 9.91.